The van der Waals surface area contributed by atoms with Gasteiger partial charge in [0.1, 0.15) is 11.6 Å². The molecule has 0 radical (unpaired) electrons. The molecule has 0 aliphatic carbocycles. The summed E-state index contributed by atoms with van der Waals surface area (Å²) in [5.74, 6) is 2.03. The van der Waals surface area contributed by atoms with Crippen LogP contribution < -0.4 is 0 Å². The molecule has 0 atom stereocenters. The molecule has 0 fully saturated rings. The third-order valence-corrected chi connectivity index (χ3v) is 5.16. The van der Waals surface area contributed by atoms with Crippen LogP contribution in [0.3, 0.4) is 0 Å². The Labute approximate surface area is 165 Å². The number of aryl methyl sites for hydroxylation is 4. The van der Waals surface area contributed by atoms with Crippen molar-refractivity contribution in [1.29, 1.82) is 0 Å². The fraction of sp³-hybridized carbons (Fsp3) is 0.727. The molecule has 0 amide bonds. The zero-order chi connectivity index (χ0) is 19.3. The van der Waals surface area contributed by atoms with Gasteiger partial charge in [-0.1, -0.05) is 39.0 Å². The average molecular weight is 374 g/mol. The average Bonchev–Trinajstić information content (AvgIpc) is 3.25. The smallest absolute Gasteiger partial charge is 0.103 e. The van der Waals surface area contributed by atoms with Gasteiger partial charge in [0.05, 0.1) is 11.4 Å². The second kappa shape index (κ2) is 12.7. The lowest BCUT2D eigenvalue weighted by Crippen LogP contribution is -2.28. The van der Waals surface area contributed by atoms with Crippen molar-refractivity contribution >= 4 is 0 Å². The maximum absolute atomic E-state index is 4.53. The summed E-state index contributed by atoms with van der Waals surface area (Å²) in [5, 5.41) is 0. The van der Waals surface area contributed by atoms with E-state index in [-0.39, 0.29) is 0 Å². The van der Waals surface area contributed by atoms with Gasteiger partial charge in [0.15, 0.2) is 0 Å². The molecule has 2 heterocycles. The first-order chi connectivity index (χ1) is 13.2. The predicted molar refractivity (Wildman–Crippen MR) is 113 cm³/mol. The number of H-pyrrole nitrogens is 2. The Bertz CT molecular complexity index is 570. The molecule has 0 aliphatic heterocycles. The lowest BCUT2D eigenvalue weighted by atomic mass is 10.1. The van der Waals surface area contributed by atoms with Crippen LogP contribution in [0, 0.1) is 13.8 Å². The fourth-order valence-corrected chi connectivity index (χ4v) is 3.61. The maximum atomic E-state index is 4.53. The van der Waals surface area contributed by atoms with E-state index in [1.807, 2.05) is 26.2 Å². The molecule has 0 bridgehead atoms. The number of rotatable bonds is 15. The van der Waals surface area contributed by atoms with Gasteiger partial charge in [0.2, 0.25) is 0 Å². The second-order valence-electron chi connectivity index (χ2n) is 7.77. The van der Waals surface area contributed by atoms with Gasteiger partial charge in [0, 0.05) is 12.4 Å². The Kier molecular flexibility index (Phi) is 10.2. The van der Waals surface area contributed by atoms with Crippen molar-refractivity contribution < 1.29 is 0 Å². The number of unbranched alkanes of at least 4 members (excludes halogenated alkanes) is 5. The molecule has 27 heavy (non-hydrogen) atoms. The van der Waals surface area contributed by atoms with E-state index in [0.29, 0.717) is 0 Å². The van der Waals surface area contributed by atoms with Crippen molar-refractivity contribution in [2.75, 3.05) is 19.6 Å². The Balaban J connectivity index is 1.68. The van der Waals surface area contributed by atoms with Crippen molar-refractivity contribution in [2.45, 2.75) is 85.0 Å². The van der Waals surface area contributed by atoms with Crippen molar-refractivity contribution in [3.8, 4) is 0 Å². The van der Waals surface area contributed by atoms with Crippen LogP contribution in [0.5, 0.6) is 0 Å². The van der Waals surface area contributed by atoms with E-state index < -0.39 is 0 Å². The summed E-state index contributed by atoms with van der Waals surface area (Å²) in [5.41, 5.74) is 2.39. The third-order valence-electron chi connectivity index (χ3n) is 5.16. The molecule has 0 saturated heterocycles. The normalized spacial score (nSPS) is 11.6. The van der Waals surface area contributed by atoms with E-state index >= 15 is 0 Å². The molecule has 0 aliphatic rings. The van der Waals surface area contributed by atoms with Gasteiger partial charge >= 0.3 is 0 Å². The molecular formula is C22H39N5. The molecule has 0 saturated carbocycles. The minimum Gasteiger partial charge on any atom is -0.349 e. The highest BCUT2D eigenvalue weighted by molar-refractivity contribution is 5.00. The highest BCUT2D eigenvalue weighted by Crippen LogP contribution is 2.09. The van der Waals surface area contributed by atoms with Crippen molar-refractivity contribution in [3.63, 3.8) is 0 Å². The number of aromatic nitrogens is 4. The number of nitrogens with zero attached hydrogens (tertiary/aromatic N) is 3. The Morgan fingerprint density at radius 3 is 1.67 bits per heavy atom. The van der Waals surface area contributed by atoms with Crippen LogP contribution in [-0.4, -0.2) is 44.5 Å². The molecule has 2 aromatic rings. The zero-order valence-electron chi connectivity index (χ0n) is 17.7. The first-order valence-electron chi connectivity index (χ1n) is 10.9. The lowest BCUT2D eigenvalue weighted by Gasteiger charge is -2.22. The van der Waals surface area contributed by atoms with E-state index in [9.17, 15) is 0 Å². The Morgan fingerprint density at radius 1 is 0.704 bits per heavy atom. The van der Waals surface area contributed by atoms with Crippen LogP contribution in [0.2, 0.25) is 0 Å². The summed E-state index contributed by atoms with van der Waals surface area (Å²) in [4.78, 5) is 18.1. The Hall–Kier alpha value is -1.62. The van der Waals surface area contributed by atoms with Crippen LogP contribution in [-0.2, 0) is 12.8 Å². The van der Waals surface area contributed by atoms with Gasteiger partial charge in [-0.3, -0.25) is 0 Å². The number of nitrogens with one attached hydrogen (secondary N) is 2. The van der Waals surface area contributed by atoms with Crippen molar-refractivity contribution in [3.05, 3.63) is 35.4 Å². The summed E-state index contributed by atoms with van der Waals surface area (Å²) in [7, 11) is 0. The van der Waals surface area contributed by atoms with Crippen LogP contribution in [0.4, 0.5) is 0 Å². The van der Waals surface area contributed by atoms with E-state index in [4.69, 9.17) is 0 Å². The molecule has 2 rings (SSSR count). The second-order valence-corrected chi connectivity index (χ2v) is 7.77. The first-order valence-corrected chi connectivity index (χ1v) is 10.9. The highest BCUT2D eigenvalue weighted by atomic mass is 15.1. The molecule has 0 aromatic carbocycles. The predicted octanol–water partition coefficient (Wildman–Crippen LogP) is 4.98. The minimum atomic E-state index is 1.02. The third kappa shape index (κ3) is 9.23. The standard InChI is InChI=1S/C22H39N5/c1-4-5-6-7-8-9-14-27(15-10-12-21-17-23-19(2)25-21)16-11-13-22-18-24-20(3)26-22/h17-18H,4-16H2,1-3H3,(H,23,25)(H,24,26). The van der Waals surface area contributed by atoms with Gasteiger partial charge in [0.25, 0.3) is 0 Å². The van der Waals surface area contributed by atoms with E-state index in [1.165, 1.54) is 82.4 Å². The van der Waals surface area contributed by atoms with Crippen LogP contribution in [0.1, 0.15) is 81.3 Å². The topological polar surface area (TPSA) is 60.6 Å². The molecule has 0 unspecified atom stereocenters. The summed E-state index contributed by atoms with van der Waals surface area (Å²) < 4.78 is 0. The molecule has 5 heteroatoms. The van der Waals surface area contributed by atoms with Crippen LogP contribution >= 0.6 is 0 Å². The highest BCUT2D eigenvalue weighted by Gasteiger charge is 2.07. The molecule has 152 valence electrons. The number of aromatic amines is 2. The zero-order valence-corrected chi connectivity index (χ0v) is 17.7. The summed E-state index contributed by atoms with van der Waals surface area (Å²) >= 11 is 0. The van der Waals surface area contributed by atoms with Gasteiger partial charge in [-0.25, -0.2) is 9.97 Å². The number of hydrogen-bond donors (Lipinski definition) is 2. The maximum Gasteiger partial charge on any atom is 0.103 e. The summed E-state index contributed by atoms with van der Waals surface area (Å²) in [6, 6.07) is 0. The number of hydrogen-bond acceptors (Lipinski definition) is 3. The molecule has 0 spiro atoms. The summed E-state index contributed by atoms with van der Waals surface area (Å²) in [6.45, 7) is 9.88. The quantitative estimate of drug-likeness (QED) is 0.433. The van der Waals surface area contributed by atoms with Gasteiger partial charge < -0.3 is 14.9 Å². The van der Waals surface area contributed by atoms with E-state index in [2.05, 4.69) is 31.8 Å². The Morgan fingerprint density at radius 2 is 1.19 bits per heavy atom. The number of imidazole rings is 2. The van der Waals surface area contributed by atoms with E-state index in [0.717, 1.165) is 24.5 Å². The van der Waals surface area contributed by atoms with Crippen molar-refractivity contribution in [1.82, 2.24) is 24.8 Å². The SMILES string of the molecule is CCCCCCCCN(CCCc1c[nH]c(C)n1)CCCc1c[nH]c(C)n1. The van der Waals surface area contributed by atoms with Crippen LogP contribution in [0.25, 0.3) is 0 Å². The van der Waals surface area contributed by atoms with Crippen LogP contribution in [0.15, 0.2) is 12.4 Å². The first kappa shape index (κ1) is 21.7. The molecule has 5 nitrogen and oxygen atoms in total. The van der Waals surface area contributed by atoms with Gasteiger partial charge in [-0.2, -0.15) is 0 Å². The molecule has 2 aromatic heterocycles. The minimum absolute atomic E-state index is 1.02. The monoisotopic (exact) mass is 373 g/mol. The largest absolute Gasteiger partial charge is 0.349 e. The molecular weight excluding hydrogens is 334 g/mol. The van der Waals surface area contributed by atoms with E-state index in [1.54, 1.807) is 0 Å². The lowest BCUT2D eigenvalue weighted by molar-refractivity contribution is 0.260. The fourth-order valence-electron chi connectivity index (χ4n) is 3.61. The molecule has 2 N–H and O–H groups in total. The van der Waals surface area contributed by atoms with Gasteiger partial charge in [-0.15, -0.1) is 0 Å². The van der Waals surface area contributed by atoms with Crippen molar-refractivity contribution in [2.24, 2.45) is 0 Å². The summed E-state index contributed by atoms with van der Waals surface area (Å²) in [6.07, 6.45) is 16.8. The van der Waals surface area contributed by atoms with Gasteiger partial charge in [-0.05, 0) is 65.6 Å².